The molecular weight excluding hydrogens is 610 g/mol. The summed E-state index contributed by atoms with van der Waals surface area (Å²) in [5, 5.41) is 24.9. The van der Waals surface area contributed by atoms with Crippen molar-refractivity contribution in [2.24, 2.45) is 33.5 Å². The summed E-state index contributed by atoms with van der Waals surface area (Å²) >= 11 is 1.56. The molecule has 8 heteroatoms. The molecular formula is C39H49NO6S. The molecule has 2 N–H and O–H groups in total. The summed E-state index contributed by atoms with van der Waals surface area (Å²) in [5.74, 6) is 0.334. The highest BCUT2D eigenvalue weighted by Gasteiger charge is 2.74. The molecule has 4 fully saturated rings. The molecule has 7 aliphatic rings. The number of Topliss-reactive ketones (excluding diaryl/α,β-unsaturated/α-hetero) is 1. The summed E-state index contributed by atoms with van der Waals surface area (Å²) in [6.45, 7) is 8.03. The number of allylic oxidation sites excluding steroid dienone is 4. The Bertz CT molecular complexity index is 1630. The van der Waals surface area contributed by atoms with Crippen LogP contribution in [0.2, 0.25) is 0 Å². The fourth-order valence-corrected chi connectivity index (χ4v) is 12.6. The number of carbonyl (C=O) groups excluding carboxylic acids is 2. The molecule has 0 radical (unpaired) electrons. The number of aliphatic hydroxyl groups excluding tert-OH is 1. The molecule has 9 unspecified atom stereocenters. The second-order valence-electron chi connectivity index (χ2n) is 16.0. The summed E-state index contributed by atoms with van der Waals surface area (Å²) < 4.78 is 12.5. The minimum atomic E-state index is -1.14. The summed E-state index contributed by atoms with van der Waals surface area (Å²) in [4.78, 5) is 30.7. The molecule has 1 aliphatic heterocycles. The topological polar surface area (TPSA) is 96.3 Å². The van der Waals surface area contributed by atoms with Gasteiger partial charge in [0.15, 0.2) is 5.78 Å². The Morgan fingerprint density at radius 1 is 1.04 bits per heavy atom. The van der Waals surface area contributed by atoms with E-state index < -0.39 is 28.6 Å². The number of hydrogen-bond donors (Lipinski definition) is 2. The van der Waals surface area contributed by atoms with Crippen LogP contribution >= 0.6 is 11.3 Å². The van der Waals surface area contributed by atoms with E-state index in [2.05, 4.69) is 44.2 Å². The van der Waals surface area contributed by atoms with Gasteiger partial charge >= 0.3 is 6.09 Å². The maximum absolute atomic E-state index is 15.0. The van der Waals surface area contributed by atoms with Gasteiger partial charge in [0.2, 0.25) is 0 Å². The average Bonchev–Trinajstić information content (AvgIpc) is 3.79. The highest BCUT2D eigenvalue weighted by Crippen LogP contribution is 2.78. The number of amides is 1. The Labute approximate surface area is 282 Å². The molecule has 2 aromatic rings. The average molecular weight is 660 g/mol. The first-order valence-corrected chi connectivity index (χ1v) is 18.7. The molecule has 47 heavy (non-hydrogen) atoms. The summed E-state index contributed by atoms with van der Waals surface area (Å²) in [7, 11) is 0. The number of hydrogen-bond acceptors (Lipinski definition) is 7. The first-order chi connectivity index (χ1) is 22.5. The Balaban J connectivity index is 1.21. The molecule has 252 valence electrons. The van der Waals surface area contributed by atoms with Crippen LogP contribution in [0.3, 0.4) is 0 Å². The molecule has 1 saturated heterocycles. The van der Waals surface area contributed by atoms with Crippen molar-refractivity contribution in [1.29, 1.82) is 0 Å². The fraction of sp³-hybridized carbons (Fsp3) is 0.641. The van der Waals surface area contributed by atoms with Gasteiger partial charge in [0, 0.05) is 33.1 Å². The number of thiophene rings is 1. The van der Waals surface area contributed by atoms with Crippen LogP contribution in [-0.4, -0.2) is 71.1 Å². The molecule has 9 rings (SSSR count). The Hall–Kier alpha value is -2.52. The van der Waals surface area contributed by atoms with Crippen LogP contribution < -0.4 is 0 Å². The van der Waals surface area contributed by atoms with E-state index in [-0.39, 0.29) is 47.7 Å². The van der Waals surface area contributed by atoms with Crippen molar-refractivity contribution in [1.82, 2.24) is 4.90 Å². The molecule has 7 nitrogen and oxygen atoms in total. The predicted octanol–water partition coefficient (Wildman–Crippen LogP) is 7.31. The molecule has 2 spiro atoms. The van der Waals surface area contributed by atoms with E-state index in [1.807, 2.05) is 25.1 Å². The van der Waals surface area contributed by atoms with Crippen LogP contribution in [0.4, 0.5) is 4.79 Å². The van der Waals surface area contributed by atoms with Crippen LogP contribution in [0.5, 0.6) is 0 Å². The van der Waals surface area contributed by atoms with Gasteiger partial charge in [-0.25, -0.2) is 4.79 Å². The van der Waals surface area contributed by atoms with E-state index in [0.29, 0.717) is 26.0 Å². The van der Waals surface area contributed by atoms with Crippen molar-refractivity contribution < 1.29 is 29.3 Å². The second kappa shape index (κ2) is 11.0. The third-order valence-electron chi connectivity index (χ3n) is 14.0. The molecule has 3 saturated carbocycles. The number of rotatable bonds is 7. The zero-order chi connectivity index (χ0) is 32.8. The van der Waals surface area contributed by atoms with Gasteiger partial charge in [-0.3, -0.25) is 4.79 Å². The van der Waals surface area contributed by atoms with Crippen LogP contribution in [0.15, 0.2) is 54.1 Å². The number of aliphatic hydroxyl groups is 2. The fourth-order valence-electron chi connectivity index (χ4n) is 11.6. The lowest BCUT2D eigenvalue weighted by Gasteiger charge is -2.71. The Kier molecular flexibility index (Phi) is 7.42. The smallest absolute Gasteiger partial charge is 0.409 e. The molecule has 6 aliphatic carbocycles. The van der Waals surface area contributed by atoms with E-state index in [9.17, 15) is 19.8 Å². The van der Waals surface area contributed by atoms with E-state index in [1.54, 1.807) is 16.2 Å². The van der Waals surface area contributed by atoms with Crippen LogP contribution in [0.25, 0.3) is 10.1 Å². The quantitative estimate of drug-likeness (QED) is 0.239. The standard InChI is InChI=1S/C39H49NO6S/c1-4-45-34(43)40(23-27-9-7-19-46-27)24-38(44)16-13-32-36(38,3)15-12-31-35(2)14-11-26(41)21-37(35)17-18-39(31,32)28(22-37)33(42)30-20-25-8-5-6-10-29(25)47-30/h5-6,8,10,17-18,20,22,26-27,31-32,41,44H,4,7,9,11-16,19,21,23-24H2,1-3H3. The second-order valence-corrected chi connectivity index (χ2v) is 17.1. The number of ketones is 1. The lowest BCUT2D eigenvalue weighted by Crippen LogP contribution is -2.67. The van der Waals surface area contributed by atoms with E-state index >= 15 is 0 Å². The van der Waals surface area contributed by atoms with Crippen LogP contribution in [-0.2, 0) is 9.47 Å². The number of ether oxygens (including phenoxy) is 2. The lowest BCUT2D eigenvalue weighted by atomic mass is 9.32. The van der Waals surface area contributed by atoms with Gasteiger partial charge in [-0.1, -0.05) is 50.3 Å². The van der Waals surface area contributed by atoms with E-state index in [1.165, 1.54) is 0 Å². The maximum atomic E-state index is 15.0. The molecule has 1 aromatic carbocycles. The molecule has 2 heterocycles. The zero-order valence-corrected chi connectivity index (χ0v) is 28.8. The monoisotopic (exact) mass is 659 g/mol. The number of nitrogens with zero attached hydrogens (tertiary/aromatic N) is 1. The van der Waals surface area contributed by atoms with Crippen molar-refractivity contribution >= 4 is 33.3 Å². The normalized spacial score (nSPS) is 41.7. The Morgan fingerprint density at radius 2 is 1.81 bits per heavy atom. The highest BCUT2D eigenvalue weighted by molar-refractivity contribution is 7.21. The van der Waals surface area contributed by atoms with Gasteiger partial charge in [0.05, 0.1) is 42.4 Å². The third kappa shape index (κ3) is 4.39. The van der Waals surface area contributed by atoms with Crippen molar-refractivity contribution in [2.45, 2.75) is 96.4 Å². The molecule has 9 atom stereocenters. The maximum Gasteiger partial charge on any atom is 0.409 e. The van der Waals surface area contributed by atoms with Gasteiger partial charge in [0.1, 0.15) is 0 Å². The minimum Gasteiger partial charge on any atom is -0.450 e. The van der Waals surface area contributed by atoms with Gasteiger partial charge in [-0.05, 0) is 99.5 Å². The minimum absolute atomic E-state index is 0.0216. The molecule has 1 amide bonds. The van der Waals surface area contributed by atoms with Gasteiger partial charge in [0.25, 0.3) is 0 Å². The van der Waals surface area contributed by atoms with Crippen LogP contribution in [0, 0.1) is 33.5 Å². The number of carbonyl (C=O) groups is 2. The van der Waals surface area contributed by atoms with Crippen molar-refractivity contribution in [3.8, 4) is 0 Å². The lowest BCUT2D eigenvalue weighted by molar-refractivity contribution is -0.175. The highest BCUT2D eigenvalue weighted by atomic mass is 32.1. The third-order valence-corrected chi connectivity index (χ3v) is 15.1. The van der Waals surface area contributed by atoms with Gasteiger partial charge in [-0.15, -0.1) is 11.3 Å². The Morgan fingerprint density at radius 3 is 2.57 bits per heavy atom. The SMILES string of the molecule is CCOC(=O)N(CC1CCCO1)CC1(O)CCC2C34C=CC5(C=C3C(=O)c3cc6ccccc6s3)CC(O)CCC5(C)C4CCC21C. The van der Waals surface area contributed by atoms with Gasteiger partial charge in [-0.2, -0.15) is 0 Å². The predicted molar refractivity (Wildman–Crippen MR) is 182 cm³/mol. The van der Waals surface area contributed by atoms with Crippen molar-refractivity contribution in [2.75, 3.05) is 26.3 Å². The zero-order valence-electron chi connectivity index (χ0n) is 28.0. The number of fused-ring (bicyclic) bond motifs is 2. The first kappa shape index (κ1) is 31.7. The van der Waals surface area contributed by atoms with E-state index in [4.69, 9.17) is 9.47 Å². The van der Waals surface area contributed by atoms with Gasteiger partial charge < -0.3 is 24.6 Å². The van der Waals surface area contributed by atoms with E-state index in [0.717, 1.165) is 65.5 Å². The summed E-state index contributed by atoms with van der Waals surface area (Å²) in [5.41, 5.74) is -1.81. The van der Waals surface area contributed by atoms with Crippen LogP contribution in [0.1, 0.15) is 88.2 Å². The van der Waals surface area contributed by atoms with Crippen molar-refractivity contribution in [3.63, 3.8) is 0 Å². The molecule has 2 bridgehead atoms. The summed E-state index contributed by atoms with van der Waals surface area (Å²) in [6, 6.07) is 10.2. The number of benzene rings is 1. The van der Waals surface area contributed by atoms with Crippen molar-refractivity contribution in [3.05, 3.63) is 59.0 Å². The summed E-state index contributed by atoms with van der Waals surface area (Å²) in [6.07, 6.45) is 13.4. The molecule has 1 aromatic heterocycles. The largest absolute Gasteiger partial charge is 0.450 e. The first-order valence-electron chi connectivity index (χ1n) is 17.9.